The number of carboxylic acids is 1. The van der Waals surface area contributed by atoms with Gasteiger partial charge in [0.15, 0.2) is 6.61 Å². The van der Waals surface area contributed by atoms with Crippen molar-refractivity contribution in [3.63, 3.8) is 0 Å². The van der Waals surface area contributed by atoms with Crippen LogP contribution in [0.15, 0.2) is 60.9 Å². The van der Waals surface area contributed by atoms with Gasteiger partial charge in [-0.05, 0) is 42.3 Å². The summed E-state index contributed by atoms with van der Waals surface area (Å²) in [6, 6.07) is 15.2. The van der Waals surface area contributed by atoms with E-state index in [4.69, 9.17) is 14.6 Å². The summed E-state index contributed by atoms with van der Waals surface area (Å²) in [6.45, 7) is 1.96. The molecule has 0 spiro atoms. The Hall–Kier alpha value is -3.82. The van der Waals surface area contributed by atoms with E-state index in [0.29, 0.717) is 5.75 Å². The zero-order valence-corrected chi connectivity index (χ0v) is 15.7. The number of hydrogen-bond donors (Lipinski definition) is 3. The van der Waals surface area contributed by atoms with Gasteiger partial charge in [-0.2, -0.15) is 18.3 Å². The maximum atomic E-state index is 11.9. The van der Waals surface area contributed by atoms with Gasteiger partial charge in [0.05, 0.1) is 6.20 Å². The topological polar surface area (TPSA) is 104 Å². The van der Waals surface area contributed by atoms with Gasteiger partial charge in [0, 0.05) is 17.4 Å². The van der Waals surface area contributed by atoms with Gasteiger partial charge in [0.2, 0.25) is 0 Å². The summed E-state index contributed by atoms with van der Waals surface area (Å²) in [7, 11) is 0. The molecule has 0 bridgehead atoms. The lowest BCUT2D eigenvalue weighted by molar-refractivity contribution is -0.192. The Kier molecular flexibility index (Phi) is 7.56. The predicted molar refractivity (Wildman–Crippen MR) is 103 cm³/mol. The fourth-order valence-corrected chi connectivity index (χ4v) is 2.21. The lowest BCUT2D eigenvalue weighted by atomic mass is 10.1. The highest BCUT2D eigenvalue weighted by molar-refractivity contribution is 5.92. The minimum Gasteiger partial charge on any atom is -0.484 e. The van der Waals surface area contributed by atoms with E-state index in [2.05, 4.69) is 15.5 Å². The van der Waals surface area contributed by atoms with Crippen molar-refractivity contribution in [2.24, 2.45) is 0 Å². The molecule has 3 N–H and O–H groups in total. The Labute approximate surface area is 169 Å². The summed E-state index contributed by atoms with van der Waals surface area (Å²) in [4.78, 5) is 20.8. The maximum Gasteiger partial charge on any atom is 0.490 e. The van der Waals surface area contributed by atoms with Crippen molar-refractivity contribution in [1.82, 2.24) is 10.2 Å². The van der Waals surface area contributed by atoms with Crippen LogP contribution in [0.3, 0.4) is 0 Å². The maximum absolute atomic E-state index is 11.9. The highest BCUT2D eigenvalue weighted by Crippen LogP contribution is 2.20. The lowest BCUT2D eigenvalue weighted by Crippen LogP contribution is -2.21. The number of aryl methyl sites for hydroxylation is 1. The van der Waals surface area contributed by atoms with Gasteiger partial charge in [0.1, 0.15) is 5.75 Å². The molecule has 0 atom stereocenters. The van der Waals surface area contributed by atoms with Crippen LogP contribution in [-0.4, -0.2) is 40.0 Å². The van der Waals surface area contributed by atoms with E-state index in [1.165, 1.54) is 0 Å². The molecule has 3 rings (SSSR count). The molecule has 158 valence electrons. The van der Waals surface area contributed by atoms with Crippen LogP contribution in [-0.2, 0) is 9.59 Å². The molecule has 0 aliphatic carbocycles. The zero-order chi connectivity index (χ0) is 22.1. The van der Waals surface area contributed by atoms with Gasteiger partial charge in [-0.25, -0.2) is 4.79 Å². The largest absolute Gasteiger partial charge is 0.490 e. The SMILES string of the molecule is Cc1cccc(OCC(=O)Nc2ccc(-c3cn[nH]c3)cc2)c1.O=C(O)C(F)(F)F. The molecule has 0 unspecified atom stereocenters. The van der Waals surface area contributed by atoms with Crippen LogP contribution >= 0.6 is 0 Å². The Morgan fingerprint density at radius 2 is 1.80 bits per heavy atom. The molecular weight excluding hydrogens is 403 g/mol. The minimum atomic E-state index is -5.08. The number of H-pyrrole nitrogens is 1. The van der Waals surface area contributed by atoms with Crippen LogP contribution in [0.4, 0.5) is 18.9 Å². The van der Waals surface area contributed by atoms with Gasteiger partial charge < -0.3 is 15.2 Å². The van der Waals surface area contributed by atoms with Crippen molar-refractivity contribution in [3.8, 4) is 16.9 Å². The van der Waals surface area contributed by atoms with Crippen molar-refractivity contribution in [1.29, 1.82) is 0 Å². The highest BCUT2D eigenvalue weighted by Gasteiger charge is 2.38. The molecule has 1 amide bonds. The number of carbonyl (C=O) groups excluding carboxylic acids is 1. The smallest absolute Gasteiger partial charge is 0.484 e. The summed E-state index contributed by atoms with van der Waals surface area (Å²) in [6.07, 6.45) is -1.51. The average Bonchev–Trinajstić information content (AvgIpc) is 3.22. The number of nitrogens with one attached hydrogen (secondary N) is 2. The second-order valence-corrected chi connectivity index (χ2v) is 6.02. The number of aromatic amines is 1. The normalized spacial score (nSPS) is 10.5. The number of rotatable bonds is 5. The van der Waals surface area contributed by atoms with E-state index in [1.807, 2.05) is 61.7 Å². The third kappa shape index (κ3) is 7.30. The van der Waals surface area contributed by atoms with Crippen LogP contribution in [0.5, 0.6) is 5.75 Å². The zero-order valence-electron chi connectivity index (χ0n) is 15.7. The Morgan fingerprint density at radius 3 is 2.33 bits per heavy atom. The van der Waals surface area contributed by atoms with Crippen LogP contribution in [0.1, 0.15) is 5.56 Å². The molecule has 0 saturated heterocycles. The molecule has 0 radical (unpaired) electrons. The molecule has 0 fully saturated rings. The number of hydrogen-bond acceptors (Lipinski definition) is 4. The molecule has 0 aliphatic rings. The highest BCUT2D eigenvalue weighted by atomic mass is 19.4. The molecule has 0 saturated carbocycles. The fourth-order valence-electron chi connectivity index (χ4n) is 2.21. The predicted octanol–water partition coefficient (Wildman–Crippen LogP) is 4.04. The quantitative estimate of drug-likeness (QED) is 0.577. The number of alkyl halides is 3. The average molecular weight is 421 g/mol. The number of ether oxygens (including phenoxy) is 1. The fraction of sp³-hybridized carbons (Fsp3) is 0.150. The van der Waals surface area contributed by atoms with Crippen molar-refractivity contribution in [2.75, 3.05) is 11.9 Å². The van der Waals surface area contributed by atoms with Crippen molar-refractivity contribution in [2.45, 2.75) is 13.1 Å². The Bertz CT molecular complexity index is 972. The Morgan fingerprint density at radius 1 is 1.13 bits per heavy atom. The van der Waals surface area contributed by atoms with Gasteiger partial charge in [-0.15, -0.1) is 0 Å². The van der Waals surface area contributed by atoms with Crippen molar-refractivity contribution < 1.29 is 32.6 Å². The summed E-state index contributed by atoms with van der Waals surface area (Å²) in [5.41, 5.74) is 3.87. The van der Waals surface area contributed by atoms with E-state index in [0.717, 1.165) is 22.4 Å². The molecule has 1 aromatic heterocycles. The van der Waals surface area contributed by atoms with E-state index in [9.17, 15) is 18.0 Å². The molecule has 3 aromatic rings. The van der Waals surface area contributed by atoms with Gasteiger partial charge in [-0.1, -0.05) is 24.3 Å². The summed E-state index contributed by atoms with van der Waals surface area (Å²) in [5, 5.41) is 16.6. The molecular formula is C20H18F3N3O4. The summed E-state index contributed by atoms with van der Waals surface area (Å²) in [5.74, 6) is -2.26. The lowest BCUT2D eigenvalue weighted by Gasteiger charge is -2.08. The number of benzene rings is 2. The first-order chi connectivity index (χ1) is 14.1. The Balaban J connectivity index is 0.000000396. The molecule has 2 aromatic carbocycles. The molecule has 10 heteroatoms. The number of amides is 1. The van der Waals surface area contributed by atoms with Crippen LogP contribution < -0.4 is 10.1 Å². The molecule has 7 nitrogen and oxygen atoms in total. The standard InChI is InChI=1S/C18H17N3O2.C2HF3O2/c1-13-3-2-4-17(9-13)23-12-18(22)21-16-7-5-14(6-8-16)15-10-19-20-11-15;3-2(4,5)1(6)7/h2-11H,12H2,1H3,(H,19,20)(H,21,22);(H,6,7). The van der Waals surface area contributed by atoms with Crippen LogP contribution in [0.2, 0.25) is 0 Å². The monoisotopic (exact) mass is 421 g/mol. The summed E-state index contributed by atoms with van der Waals surface area (Å²) >= 11 is 0. The summed E-state index contributed by atoms with van der Waals surface area (Å²) < 4.78 is 37.2. The van der Waals surface area contributed by atoms with Crippen LogP contribution in [0.25, 0.3) is 11.1 Å². The third-order valence-corrected chi connectivity index (χ3v) is 3.60. The van der Waals surface area contributed by atoms with E-state index in [-0.39, 0.29) is 12.5 Å². The molecule has 1 heterocycles. The number of aliphatic carboxylic acids is 1. The number of nitrogens with zero attached hydrogens (tertiary/aromatic N) is 1. The number of carbonyl (C=O) groups is 2. The second-order valence-electron chi connectivity index (χ2n) is 6.02. The van der Waals surface area contributed by atoms with Crippen molar-refractivity contribution >= 4 is 17.6 Å². The first-order valence-electron chi connectivity index (χ1n) is 8.54. The van der Waals surface area contributed by atoms with Gasteiger partial charge in [0.25, 0.3) is 5.91 Å². The number of carboxylic acid groups (broad SMARTS) is 1. The van der Waals surface area contributed by atoms with E-state index < -0.39 is 12.1 Å². The van der Waals surface area contributed by atoms with E-state index in [1.54, 1.807) is 6.20 Å². The first-order valence-corrected chi connectivity index (χ1v) is 8.54. The second kappa shape index (κ2) is 10.1. The first kappa shape index (κ1) is 22.5. The molecule has 0 aliphatic heterocycles. The number of anilines is 1. The van der Waals surface area contributed by atoms with Crippen LogP contribution in [0, 0.1) is 6.92 Å². The number of aromatic nitrogens is 2. The van der Waals surface area contributed by atoms with Gasteiger partial charge >= 0.3 is 12.1 Å². The number of halogens is 3. The van der Waals surface area contributed by atoms with E-state index >= 15 is 0 Å². The molecule has 30 heavy (non-hydrogen) atoms. The van der Waals surface area contributed by atoms with Gasteiger partial charge in [-0.3, -0.25) is 9.89 Å². The van der Waals surface area contributed by atoms with Crippen molar-refractivity contribution in [3.05, 3.63) is 66.5 Å². The minimum absolute atomic E-state index is 0.0209. The third-order valence-electron chi connectivity index (χ3n) is 3.60.